The van der Waals surface area contributed by atoms with Gasteiger partial charge >= 0.3 is 0 Å². The van der Waals surface area contributed by atoms with Crippen LogP contribution in [0.5, 0.6) is 0 Å². The minimum absolute atomic E-state index is 0.338. The third-order valence-corrected chi connectivity index (χ3v) is 2.83. The van der Waals surface area contributed by atoms with E-state index in [1.54, 1.807) is 0 Å². The predicted molar refractivity (Wildman–Crippen MR) is 56.6 cm³/mol. The van der Waals surface area contributed by atoms with Gasteiger partial charge in [0.25, 0.3) is 0 Å². The Balaban J connectivity index is 1.98. The summed E-state index contributed by atoms with van der Waals surface area (Å²) in [4.78, 5) is 10.6. The summed E-state index contributed by atoms with van der Waals surface area (Å²) >= 11 is 0. The van der Waals surface area contributed by atoms with E-state index in [0.29, 0.717) is 0 Å². The standard InChI is InChI=1S/C13H10O3/c14-13(15)12-11(16-12)10-6-5-8-3-1-2-4-9(8)7-10/h1-7,11-12H,(H,14,15)/p-1/t11-,12+/m1/s1. The molecule has 1 aliphatic heterocycles. The monoisotopic (exact) mass is 213 g/mol. The van der Waals surface area contributed by atoms with Crippen molar-refractivity contribution in [3.05, 3.63) is 48.0 Å². The fourth-order valence-electron chi connectivity index (χ4n) is 1.93. The molecule has 0 aromatic heterocycles. The van der Waals surface area contributed by atoms with Crippen molar-refractivity contribution < 1.29 is 14.6 Å². The van der Waals surface area contributed by atoms with Gasteiger partial charge in [0.2, 0.25) is 0 Å². The molecule has 1 saturated heterocycles. The van der Waals surface area contributed by atoms with E-state index in [0.717, 1.165) is 16.3 Å². The number of hydrogen-bond donors (Lipinski definition) is 0. The number of ether oxygens (including phenoxy) is 1. The average molecular weight is 213 g/mol. The van der Waals surface area contributed by atoms with Gasteiger partial charge in [-0.1, -0.05) is 36.4 Å². The van der Waals surface area contributed by atoms with Crippen molar-refractivity contribution in [1.29, 1.82) is 0 Å². The van der Waals surface area contributed by atoms with Crippen molar-refractivity contribution in [2.75, 3.05) is 0 Å². The second-order valence-corrected chi connectivity index (χ2v) is 3.90. The van der Waals surface area contributed by atoms with Crippen LogP contribution in [0.4, 0.5) is 0 Å². The molecule has 3 rings (SSSR count). The molecular formula is C13H9O3-. The topological polar surface area (TPSA) is 52.7 Å². The maximum atomic E-state index is 10.6. The van der Waals surface area contributed by atoms with Crippen LogP contribution in [-0.4, -0.2) is 12.1 Å². The fourth-order valence-corrected chi connectivity index (χ4v) is 1.93. The van der Waals surface area contributed by atoms with Gasteiger partial charge in [-0.3, -0.25) is 0 Å². The van der Waals surface area contributed by atoms with Gasteiger partial charge in [-0.25, -0.2) is 0 Å². The third kappa shape index (κ3) is 1.46. The molecule has 2 aromatic rings. The van der Waals surface area contributed by atoms with E-state index < -0.39 is 12.1 Å². The van der Waals surface area contributed by atoms with Crippen LogP contribution in [0.2, 0.25) is 0 Å². The predicted octanol–water partition coefficient (Wildman–Crippen LogP) is 1.03. The zero-order valence-corrected chi connectivity index (χ0v) is 8.42. The molecule has 1 heterocycles. The summed E-state index contributed by atoms with van der Waals surface area (Å²) in [7, 11) is 0. The molecule has 3 heteroatoms. The van der Waals surface area contributed by atoms with Crippen molar-refractivity contribution in [3.8, 4) is 0 Å². The highest BCUT2D eigenvalue weighted by Gasteiger charge is 2.41. The molecular weight excluding hydrogens is 204 g/mol. The second-order valence-electron chi connectivity index (χ2n) is 3.90. The lowest BCUT2D eigenvalue weighted by atomic mass is 10.0. The van der Waals surface area contributed by atoms with E-state index in [1.807, 2.05) is 42.5 Å². The number of rotatable bonds is 2. The summed E-state index contributed by atoms with van der Waals surface area (Å²) in [5.41, 5.74) is 0.896. The van der Waals surface area contributed by atoms with Crippen LogP contribution < -0.4 is 5.11 Å². The van der Waals surface area contributed by atoms with Crippen LogP contribution in [-0.2, 0) is 9.53 Å². The van der Waals surface area contributed by atoms with Crippen molar-refractivity contribution in [3.63, 3.8) is 0 Å². The zero-order valence-electron chi connectivity index (χ0n) is 8.42. The highest BCUT2D eigenvalue weighted by Crippen LogP contribution is 2.39. The molecule has 80 valence electrons. The molecule has 0 aliphatic carbocycles. The number of carboxylic acids is 1. The van der Waals surface area contributed by atoms with E-state index in [9.17, 15) is 9.90 Å². The Bertz CT molecular complexity index is 562. The lowest BCUT2D eigenvalue weighted by Crippen LogP contribution is -2.28. The molecule has 16 heavy (non-hydrogen) atoms. The van der Waals surface area contributed by atoms with Crippen molar-refractivity contribution in [2.45, 2.75) is 12.2 Å². The maximum Gasteiger partial charge on any atom is 0.128 e. The van der Waals surface area contributed by atoms with Crippen LogP contribution >= 0.6 is 0 Å². The Kier molecular flexibility index (Phi) is 1.94. The SMILES string of the molecule is O=C([O-])[C@H]1O[C@@H]1c1ccc2ccccc2c1. The number of aliphatic carboxylic acids is 1. The zero-order chi connectivity index (χ0) is 11.1. The number of carboxylic acid groups (broad SMARTS) is 1. The molecule has 0 spiro atoms. The van der Waals surface area contributed by atoms with Gasteiger partial charge in [0, 0.05) is 0 Å². The molecule has 0 bridgehead atoms. The smallest absolute Gasteiger partial charge is 0.128 e. The van der Waals surface area contributed by atoms with E-state index in [2.05, 4.69) is 0 Å². The molecule has 1 aliphatic rings. The van der Waals surface area contributed by atoms with Gasteiger partial charge in [0.05, 0.1) is 5.97 Å². The van der Waals surface area contributed by atoms with Crippen LogP contribution in [0.25, 0.3) is 10.8 Å². The van der Waals surface area contributed by atoms with E-state index in [4.69, 9.17) is 4.74 Å². The highest BCUT2D eigenvalue weighted by atomic mass is 16.6. The van der Waals surface area contributed by atoms with Crippen LogP contribution in [0.15, 0.2) is 42.5 Å². The van der Waals surface area contributed by atoms with Crippen molar-refractivity contribution >= 4 is 16.7 Å². The molecule has 2 atom stereocenters. The second kappa shape index (κ2) is 3.32. The van der Waals surface area contributed by atoms with Gasteiger partial charge in [-0.05, 0) is 22.4 Å². The van der Waals surface area contributed by atoms with Gasteiger partial charge < -0.3 is 14.6 Å². The number of benzene rings is 2. The number of carbonyl (C=O) groups excluding carboxylic acids is 1. The number of epoxide rings is 1. The van der Waals surface area contributed by atoms with E-state index in [-0.39, 0.29) is 6.10 Å². The first-order valence-corrected chi connectivity index (χ1v) is 5.11. The first kappa shape index (κ1) is 9.36. The third-order valence-electron chi connectivity index (χ3n) is 2.83. The van der Waals surface area contributed by atoms with Gasteiger partial charge in [0.1, 0.15) is 12.2 Å². The van der Waals surface area contributed by atoms with Gasteiger partial charge in [-0.15, -0.1) is 0 Å². The molecule has 0 N–H and O–H groups in total. The Morgan fingerprint density at radius 2 is 1.88 bits per heavy atom. The average Bonchev–Trinajstić information content (AvgIpc) is 3.08. The summed E-state index contributed by atoms with van der Waals surface area (Å²) in [6, 6.07) is 13.8. The Morgan fingerprint density at radius 3 is 2.56 bits per heavy atom. The number of hydrogen-bond acceptors (Lipinski definition) is 3. The first-order valence-electron chi connectivity index (χ1n) is 5.11. The van der Waals surface area contributed by atoms with E-state index in [1.165, 1.54) is 0 Å². The Morgan fingerprint density at radius 1 is 1.12 bits per heavy atom. The summed E-state index contributed by atoms with van der Waals surface area (Å²) in [5, 5.41) is 12.8. The minimum Gasteiger partial charge on any atom is -0.547 e. The number of fused-ring (bicyclic) bond motifs is 1. The van der Waals surface area contributed by atoms with Crippen LogP contribution in [0.3, 0.4) is 0 Å². The molecule has 0 radical (unpaired) electrons. The molecule has 3 nitrogen and oxygen atoms in total. The Labute approximate surface area is 92.3 Å². The fraction of sp³-hybridized carbons (Fsp3) is 0.154. The largest absolute Gasteiger partial charge is 0.547 e. The normalized spacial score (nSPS) is 23.2. The van der Waals surface area contributed by atoms with Gasteiger partial charge in [-0.2, -0.15) is 0 Å². The summed E-state index contributed by atoms with van der Waals surface area (Å²) in [6.45, 7) is 0. The molecule has 1 fully saturated rings. The van der Waals surface area contributed by atoms with Crippen LogP contribution in [0.1, 0.15) is 11.7 Å². The molecule has 0 saturated carbocycles. The molecule has 0 amide bonds. The summed E-state index contributed by atoms with van der Waals surface area (Å²) in [5.74, 6) is -1.14. The summed E-state index contributed by atoms with van der Waals surface area (Å²) in [6.07, 6.45) is -1.12. The minimum atomic E-state index is -1.14. The van der Waals surface area contributed by atoms with Gasteiger partial charge in [0.15, 0.2) is 0 Å². The number of carbonyl (C=O) groups is 1. The van der Waals surface area contributed by atoms with Crippen molar-refractivity contribution in [1.82, 2.24) is 0 Å². The molecule has 2 aromatic carbocycles. The quantitative estimate of drug-likeness (QED) is 0.700. The van der Waals surface area contributed by atoms with E-state index >= 15 is 0 Å². The first-order chi connectivity index (χ1) is 7.75. The maximum absolute atomic E-state index is 10.6. The van der Waals surface area contributed by atoms with Crippen LogP contribution in [0, 0.1) is 0 Å². The lowest BCUT2D eigenvalue weighted by molar-refractivity contribution is -0.307. The lowest BCUT2D eigenvalue weighted by Gasteiger charge is -2.01. The van der Waals surface area contributed by atoms with Crippen molar-refractivity contribution in [2.24, 2.45) is 0 Å². The highest BCUT2D eigenvalue weighted by molar-refractivity contribution is 5.83. The summed E-state index contributed by atoms with van der Waals surface area (Å²) < 4.78 is 5.05. The Hall–Kier alpha value is -1.87. The molecule has 0 unspecified atom stereocenters.